The Balaban J connectivity index is 4.45. The number of nitrogens with zero attached hydrogens (tertiary/aromatic N) is 2. The summed E-state index contributed by atoms with van der Waals surface area (Å²) >= 11 is 0. The second-order valence-electron chi connectivity index (χ2n) is 3.65. The van der Waals surface area contributed by atoms with Gasteiger partial charge in [-0.1, -0.05) is 34.3 Å². The summed E-state index contributed by atoms with van der Waals surface area (Å²) in [7, 11) is 0. The highest BCUT2D eigenvalue weighted by molar-refractivity contribution is 5.98. The molecule has 0 saturated carbocycles. The van der Waals surface area contributed by atoms with Crippen LogP contribution >= 0.6 is 0 Å². The molecule has 0 amide bonds. The minimum Gasteiger partial charge on any atom is -0.163 e. The highest BCUT2D eigenvalue weighted by Crippen LogP contribution is 2.16. The van der Waals surface area contributed by atoms with Gasteiger partial charge in [-0.3, -0.25) is 0 Å². The molecule has 0 spiro atoms. The van der Waals surface area contributed by atoms with E-state index in [1.165, 1.54) is 0 Å². The van der Waals surface area contributed by atoms with Crippen LogP contribution in [0.15, 0.2) is 22.9 Å². The maximum Gasteiger partial charge on any atom is 0.0677 e. The summed E-state index contributed by atoms with van der Waals surface area (Å²) in [6, 6.07) is 0. The van der Waals surface area contributed by atoms with Gasteiger partial charge in [-0.15, -0.1) is 0 Å². The zero-order chi connectivity index (χ0) is 9.61. The van der Waals surface area contributed by atoms with Crippen LogP contribution in [0.2, 0.25) is 0 Å². The highest BCUT2D eigenvalue weighted by atomic mass is 15.2. The molecule has 0 N–H and O–H groups in total. The lowest BCUT2D eigenvalue weighted by Gasteiger charge is -2.16. The lowest BCUT2D eigenvalue weighted by Crippen LogP contribution is -2.17. The van der Waals surface area contributed by atoms with Crippen molar-refractivity contribution in [1.82, 2.24) is 0 Å². The van der Waals surface area contributed by atoms with Crippen molar-refractivity contribution in [2.75, 3.05) is 0 Å². The van der Waals surface area contributed by atoms with Gasteiger partial charge in [0.2, 0.25) is 0 Å². The molecule has 0 aliphatic rings. The SMILES string of the molecule is C=C/C(=N\N=C/CC)C(C)(C)C. The van der Waals surface area contributed by atoms with Crippen molar-refractivity contribution in [2.45, 2.75) is 34.1 Å². The molecule has 0 atom stereocenters. The number of hydrogen-bond acceptors (Lipinski definition) is 2. The minimum atomic E-state index is 0.0346. The molecule has 0 bridgehead atoms. The maximum atomic E-state index is 4.07. The molecule has 0 unspecified atom stereocenters. The Kier molecular flexibility index (Phi) is 4.49. The van der Waals surface area contributed by atoms with Gasteiger partial charge in [0.1, 0.15) is 0 Å². The van der Waals surface area contributed by atoms with E-state index in [1.807, 2.05) is 6.92 Å². The summed E-state index contributed by atoms with van der Waals surface area (Å²) < 4.78 is 0. The fourth-order valence-corrected chi connectivity index (χ4v) is 0.682. The first kappa shape index (κ1) is 11.1. The molecule has 0 heterocycles. The van der Waals surface area contributed by atoms with Crippen molar-refractivity contribution in [3.05, 3.63) is 12.7 Å². The number of rotatable bonds is 3. The van der Waals surface area contributed by atoms with Crippen LogP contribution in [-0.4, -0.2) is 11.9 Å². The third-order valence-corrected chi connectivity index (χ3v) is 1.39. The van der Waals surface area contributed by atoms with Crippen LogP contribution in [0, 0.1) is 5.41 Å². The quantitative estimate of drug-likeness (QED) is 0.455. The van der Waals surface area contributed by atoms with Crippen LogP contribution in [0.4, 0.5) is 0 Å². The van der Waals surface area contributed by atoms with E-state index in [0.29, 0.717) is 0 Å². The maximum absolute atomic E-state index is 4.07. The van der Waals surface area contributed by atoms with E-state index in [9.17, 15) is 0 Å². The molecule has 0 rings (SSSR count). The molecule has 2 heteroatoms. The summed E-state index contributed by atoms with van der Waals surface area (Å²) in [5, 5.41) is 7.99. The second-order valence-corrected chi connectivity index (χ2v) is 3.65. The molecule has 12 heavy (non-hydrogen) atoms. The smallest absolute Gasteiger partial charge is 0.0677 e. The van der Waals surface area contributed by atoms with E-state index < -0.39 is 0 Å². The lowest BCUT2D eigenvalue weighted by molar-refractivity contribution is 0.592. The molecule has 0 aromatic heterocycles. The standard InChI is InChI=1S/C10H18N2/c1-6-8-11-12-9(7-2)10(3,4)5/h7-8H,2,6H2,1,3-5H3/b11-8-,12-9+. The fourth-order valence-electron chi connectivity index (χ4n) is 0.682. The van der Waals surface area contributed by atoms with E-state index in [-0.39, 0.29) is 5.41 Å². The summed E-state index contributed by atoms with van der Waals surface area (Å²) in [6.07, 6.45) is 4.46. The topological polar surface area (TPSA) is 24.7 Å². The Hall–Kier alpha value is -0.920. The fraction of sp³-hybridized carbons (Fsp3) is 0.600. The van der Waals surface area contributed by atoms with Crippen LogP contribution < -0.4 is 0 Å². The van der Waals surface area contributed by atoms with Gasteiger partial charge in [0.15, 0.2) is 0 Å². The van der Waals surface area contributed by atoms with Gasteiger partial charge in [0.25, 0.3) is 0 Å². The van der Waals surface area contributed by atoms with Crippen LogP contribution in [0.1, 0.15) is 34.1 Å². The summed E-state index contributed by atoms with van der Waals surface area (Å²) in [5.74, 6) is 0. The third-order valence-electron chi connectivity index (χ3n) is 1.39. The van der Waals surface area contributed by atoms with Gasteiger partial charge < -0.3 is 0 Å². The Morgan fingerprint density at radius 1 is 1.42 bits per heavy atom. The molecule has 2 nitrogen and oxygen atoms in total. The van der Waals surface area contributed by atoms with Crippen molar-refractivity contribution in [1.29, 1.82) is 0 Å². The zero-order valence-corrected chi connectivity index (χ0v) is 8.46. The summed E-state index contributed by atoms with van der Waals surface area (Å²) in [4.78, 5) is 0. The highest BCUT2D eigenvalue weighted by Gasteiger charge is 2.15. The summed E-state index contributed by atoms with van der Waals surface area (Å²) in [6.45, 7) is 12.0. The van der Waals surface area contributed by atoms with Gasteiger partial charge in [-0.25, -0.2) is 0 Å². The number of hydrogen-bond donors (Lipinski definition) is 0. The van der Waals surface area contributed by atoms with Gasteiger partial charge in [0.05, 0.1) is 5.71 Å². The van der Waals surface area contributed by atoms with E-state index in [1.54, 1.807) is 12.3 Å². The van der Waals surface area contributed by atoms with Crippen molar-refractivity contribution in [3.63, 3.8) is 0 Å². The molecule has 0 fully saturated rings. The number of allylic oxidation sites excluding steroid dienone is 1. The molecular formula is C10H18N2. The van der Waals surface area contributed by atoms with E-state index in [0.717, 1.165) is 12.1 Å². The van der Waals surface area contributed by atoms with E-state index in [2.05, 4.69) is 37.6 Å². The van der Waals surface area contributed by atoms with Crippen LogP contribution in [0.25, 0.3) is 0 Å². The van der Waals surface area contributed by atoms with Gasteiger partial charge >= 0.3 is 0 Å². The normalized spacial score (nSPS) is 13.8. The predicted molar refractivity (Wildman–Crippen MR) is 55.9 cm³/mol. The van der Waals surface area contributed by atoms with Crippen molar-refractivity contribution in [2.24, 2.45) is 15.6 Å². The second kappa shape index (κ2) is 4.86. The molecule has 0 aliphatic carbocycles. The molecule has 0 radical (unpaired) electrons. The Bertz CT molecular complexity index is 194. The Labute approximate surface area is 75.1 Å². The average Bonchev–Trinajstić information content (AvgIpc) is 1.95. The van der Waals surface area contributed by atoms with Crippen LogP contribution in [0.5, 0.6) is 0 Å². The minimum absolute atomic E-state index is 0.0346. The van der Waals surface area contributed by atoms with Crippen molar-refractivity contribution < 1.29 is 0 Å². The third kappa shape index (κ3) is 4.06. The molecule has 68 valence electrons. The summed E-state index contributed by atoms with van der Waals surface area (Å²) in [5.41, 5.74) is 0.958. The molecular weight excluding hydrogens is 148 g/mol. The van der Waals surface area contributed by atoms with Crippen LogP contribution in [-0.2, 0) is 0 Å². The van der Waals surface area contributed by atoms with Gasteiger partial charge in [-0.05, 0) is 12.5 Å². The molecule has 0 aromatic carbocycles. The zero-order valence-electron chi connectivity index (χ0n) is 8.46. The average molecular weight is 166 g/mol. The Morgan fingerprint density at radius 3 is 2.33 bits per heavy atom. The molecule has 0 aromatic rings. The van der Waals surface area contributed by atoms with Crippen LogP contribution in [0.3, 0.4) is 0 Å². The van der Waals surface area contributed by atoms with Crippen molar-refractivity contribution >= 4 is 11.9 Å². The van der Waals surface area contributed by atoms with Crippen molar-refractivity contribution in [3.8, 4) is 0 Å². The van der Waals surface area contributed by atoms with Gasteiger partial charge in [0, 0.05) is 11.6 Å². The van der Waals surface area contributed by atoms with E-state index >= 15 is 0 Å². The predicted octanol–water partition coefficient (Wildman–Crippen LogP) is 3.06. The largest absolute Gasteiger partial charge is 0.163 e. The first-order chi connectivity index (χ1) is 5.52. The monoisotopic (exact) mass is 166 g/mol. The molecule has 0 saturated heterocycles. The Morgan fingerprint density at radius 2 is 2.00 bits per heavy atom. The first-order valence-corrected chi connectivity index (χ1v) is 4.24. The van der Waals surface area contributed by atoms with E-state index in [4.69, 9.17) is 0 Å². The lowest BCUT2D eigenvalue weighted by atomic mass is 9.90. The first-order valence-electron chi connectivity index (χ1n) is 4.24. The van der Waals surface area contributed by atoms with Gasteiger partial charge in [-0.2, -0.15) is 10.2 Å². The molecule has 0 aliphatic heterocycles.